The molecular weight excluding hydrogens is 379 g/mol. The van der Waals surface area contributed by atoms with Crippen LogP contribution in [0.25, 0.3) is 5.69 Å². The minimum Gasteiger partial charge on any atom is -0.334 e. The Morgan fingerprint density at radius 3 is 2.67 bits per heavy atom. The SMILES string of the molecule is N#Cc1ccc(C2CCC2)c(C(=O)N2CCc3nn(-c4ccccc4)cc3C2)c1F. The zero-order valence-electron chi connectivity index (χ0n) is 16.5. The average Bonchev–Trinajstić information content (AvgIpc) is 3.16. The van der Waals surface area contributed by atoms with Crippen molar-refractivity contribution in [1.82, 2.24) is 14.7 Å². The molecule has 0 unspecified atom stereocenters. The molecule has 0 radical (unpaired) electrons. The van der Waals surface area contributed by atoms with E-state index >= 15 is 4.39 Å². The Kier molecular flexibility index (Phi) is 4.59. The highest BCUT2D eigenvalue weighted by atomic mass is 19.1. The van der Waals surface area contributed by atoms with Gasteiger partial charge in [0.1, 0.15) is 6.07 Å². The second-order valence-corrected chi connectivity index (χ2v) is 7.99. The van der Waals surface area contributed by atoms with Gasteiger partial charge in [-0.05, 0) is 42.5 Å². The van der Waals surface area contributed by atoms with Crippen molar-refractivity contribution < 1.29 is 9.18 Å². The first-order valence-electron chi connectivity index (χ1n) is 10.3. The van der Waals surface area contributed by atoms with Crippen LogP contribution < -0.4 is 0 Å². The monoisotopic (exact) mass is 400 g/mol. The molecule has 1 saturated carbocycles. The summed E-state index contributed by atoms with van der Waals surface area (Å²) in [5.74, 6) is -0.810. The second kappa shape index (κ2) is 7.42. The van der Waals surface area contributed by atoms with E-state index in [9.17, 15) is 10.1 Å². The molecule has 0 atom stereocenters. The van der Waals surface area contributed by atoms with Gasteiger partial charge in [0, 0.05) is 31.3 Å². The van der Waals surface area contributed by atoms with Crippen LogP contribution in [0.4, 0.5) is 4.39 Å². The molecule has 0 saturated heterocycles. The molecule has 0 N–H and O–H groups in total. The zero-order chi connectivity index (χ0) is 20.7. The number of benzene rings is 2. The van der Waals surface area contributed by atoms with Crippen LogP contribution in [0, 0.1) is 17.1 Å². The summed E-state index contributed by atoms with van der Waals surface area (Å²) < 4.78 is 16.9. The smallest absolute Gasteiger partial charge is 0.257 e. The molecule has 150 valence electrons. The summed E-state index contributed by atoms with van der Waals surface area (Å²) in [6.45, 7) is 0.874. The van der Waals surface area contributed by atoms with Gasteiger partial charge in [-0.25, -0.2) is 9.07 Å². The topological polar surface area (TPSA) is 61.9 Å². The fourth-order valence-corrected chi connectivity index (χ4v) is 4.31. The van der Waals surface area contributed by atoms with Gasteiger partial charge in [0.05, 0.1) is 22.5 Å². The van der Waals surface area contributed by atoms with Crippen LogP contribution in [0.5, 0.6) is 0 Å². The number of rotatable bonds is 3. The lowest BCUT2D eigenvalue weighted by atomic mass is 9.77. The molecule has 1 aliphatic heterocycles. The minimum absolute atomic E-state index is 0.0731. The number of hydrogen-bond donors (Lipinski definition) is 0. The fourth-order valence-electron chi connectivity index (χ4n) is 4.31. The highest BCUT2D eigenvalue weighted by Gasteiger charge is 2.32. The Labute approximate surface area is 174 Å². The number of para-hydroxylation sites is 1. The van der Waals surface area contributed by atoms with E-state index in [0.29, 0.717) is 19.5 Å². The summed E-state index contributed by atoms with van der Waals surface area (Å²) in [7, 11) is 0. The minimum atomic E-state index is -0.683. The van der Waals surface area contributed by atoms with Crippen molar-refractivity contribution in [3.8, 4) is 11.8 Å². The van der Waals surface area contributed by atoms with Gasteiger partial charge in [0.2, 0.25) is 0 Å². The molecular formula is C24H21FN4O. The molecule has 0 bridgehead atoms. The normalized spacial score (nSPS) is 15.9. The van der Waals surface area contributed by atoms with Crippen LogP contribution in [-0.4, -0.2) is 27.1 Å². The van der Waals surface area contributed by atoms with Crippen molar-refractivity contribution in [2.24, 2.45) is 0 Å². The lowest BCUT2D eigenvalue weighted by Crippen LogP contribution is -2.37. The summed E-state index contributed by atoms with van der Waals surface area (Å²) in [5, 5.41) is 13.9. The number of halogens is 1. The summed E-state index contributed by atoms with van der Waals surface area (Å²) >= 11 is 0. The van der Waals surface area contributed by atoms with Gasteiger partial charge in [0.15, 0.2) is 5.82 Å². The van der Waals surface area contributed by atoms with Gasteiger partial charge in [-0.3, -0.25) is 4.79 Å². The van der Waals surface area contributed by atoms with E-state index in [1.54, 1.807) is 11.0 Å². The fraction of sp³-hybridized carbons (Fsp3) is 0.292. The maximum Gasteiger partial charge on any atom is 0.257 e. The van der Waals surface area contributed by atoms with E-state index in [4.69, 9.17) is 0 Å². The van der Waals surface area contributed by atoms with Crippen molar-refractivity contribution in [3.05, 3.63) is 82.4 Å². The third kappa shape index (κ3) is 3.07. The number of nitriles is 1. The quantitative estimate of drug-likeness (QED) is 0.657. The molecule has 1 aliphatic carbocycles. The Balaban J connectivity index is 1.46. The number of nitrogens with zero attached hydrogens (tertiary/aromatic N) is 4. The number of carbonyl (C=O) groups excluding carboxylic acids is 1. The number of amides is 1. The van der Waals surface area contributed by atoms with Crippen molar-refractivity contribution in [2.45, 2.75) is 38.1 Å². The number of hydrogen-bond acceptors (Lipinski definition) is 3. The summed E-state index contributed by atoms with van der Waals surface area (Å²) in [5.41, 5.74) is 3.65. The Morgan fingerprint density at radius 2 is 1.97 bits per heavy atom. The van der Waals surface area contributed by atoms with Gasteiger partial charge in [0.25, 0.3) is 5.91 Å². The van der Waals surface area contributed by atoms with E-state index in [1.165, 1.54) is 6.07 Å². The summed E-state index contributed by atoms with van der Waals surface area (Å²) in [4.78, 5) is 15.1. The predicted molar refractivity (Wildman–Crippen MR) is 110 cm³/mol. The largest absolute Gasteiger partial charge is 0.334 e. The molecule has 1 fully saturated rings. The zero-order valence-corrected chi connectivity index (χ0v) is 16.5. The van der Waals surface area contributed by atoms with Gasteiger partial charge >= 0.3 is 0 Å². The Morgan fingerprint density at radius 1 is 1.17 bits per heavy atom. The van der Waals surface area contributed by atoms with Crippen LogP contribution in [0.3, 0.4) is 0 Å². The van der Waals surface area contributed by atoms with Crippen LogP contribution >= 0.6 is 0 Å². The van der Waals surface area contributed by atoms with Crippen molar-refractivity contribution in [3.63, 3.8) is 0 Å². The van der Waals surface area contributed by atoms with Gasteiger partial charge < -0.3 is 4.90 Å². The predicted octanol–water partition coefficient (Wildman–Crippen LogP) is 4.35. The molecule has 2 aliphatic rings. The molecule has 2 aromatic carbocycles. The summed E-state index contributed by atoms with van der Waals surface area (Å²) in [6, 6.07) is 15.0. The number of carbonyl (C=O) groups is 1. The molecule has 6 heteroatoms. The van der Waals surface area contributed by atoms with Crippen molar-refractivity contribution in [1.29, 1.82) is 5.26 Å². The molecule has 1 aromatic heterocycles. The van der Waals surface area contributed by atoms with Crippen molar-refractivity contribution in [2.75, 3.05) is 6.54 Å². The Hall–Kier alpha value is -3.46. The average molecular weight is 400 g/mol. The third-order valence-electron chi connectivity index (χ3n) is 6.22. The van der Waals surface area contributed by atoms with Gasteiger partial charge in [-0.15, -0.1) is 0 Å². The van der Waals surface area contributed by atoms with E-state index in [2.05, 4.69) is 5.10 Å². The lowest BCUT2D eigenvalue weighted by Gasteiger charge is -2.31. The lowest BCUT2D eigenvalue weighted by molar-refractivity contribution is 0.0727. The van der Waals surface area contributed by atoms with Gasteiger partial charge in [-0.1, -0.05) is 30.7 Å². The molecule has 1 amide bonds. The maximum atomic E-state index is 15.1. The first kappa shape index (κ1) is 18.6. The van der Waals surface area contributed by atoms with Crippen LogP contribution in [0.15, 0.2) is 48.7 Å². The van der Waals surface area contributed by atoms with E-state index in [0.717, 1.165) is 41.8 Å². The van der Waals surface area contributed by atoms with Crippen LogP contribution in [-0.2, 0) is 13.0 Å². The van der Waals surface area contributed by atoms with Gasteiger partial charge in [-0.2, -0.15) is 10.4 Å². The van der Waals surface area contributed by atoms with Crippen molar-refractivity contribution >= 4 is 5.91 Å². The first-order chi connectivity index (χ1) is 14.7. The first-order valence-corrected chi connectivity index (χ1v) is 10.3. The highest BCUT2D eigenvalue weighted by molar-refractivity contribution is 5.96. The number of fused-ring (bicyclic) bond motifs is 1. The van der Waals surface area contributed by atoms with E-state index < -0.39 is 5.82 Å². The van der Waals surface area contributed by atoms with E-state index in [-0.39, 0.29) is 23.0 Å². The molecule has 0 spiro atoms. The molecule has 2 heterocycles. The maximum absolute atomic E-state index is 15.1. The van der Waals surface area contributed by atoms with Crippen LogP contribution in [0.1, 0.15) is 57.9 Å². The molecule has 3 aromatic rings. The Bertz CT molecular complexity index is 1160. The van der Waals surface area contributed by atoms with E-state index in [1.807, 2.05) is 47.3 Å². The molecule has 5 rings (SSSR count). The second-order valence-electron chi connectivity index (χ2n) is 7.99. The standard InChI is InChI=1S/C24H21FN4O/c25-23-17(13-26)9-10-20(16-5-4-6-16)22(23)24(30)28-12-11-21-18(14-28)15-29(27-21)19-7-2-1-3-8-19/h1-3,7-10,15-16H,4-6,11-12,14H2. The third-order valence-corrected chi connectivity index (χ3v) is 6.22. The number of aromatic nitrogens is 2. The molecule has 30 heavy (non-hydrogen) atoms. The summed E-state index contributed by atoms with van der Waals surface area (Å²) in [6.07, 6.45) is 5.57. The van der Waals surface area contributed by atoms with Crippen LogP contribution in [0.2, 0.25) is 0 Å². The molecule has 5 nitrogen and oxygen atoms in total. The highest BCUT2D eigenvalue weighted by Crippen LogP contribution is 2.39.